The fraction of sp³-hybridized carbons (Fsp3) is 0.333. The summed E-state index contributed by atoms with van der Waals surface area (Å²) in [7, 11) is 0. The van der Waals surface area contributed by atoms with E-state index >= 15 is 0 Å². The summed E-state index contributed by atoms with van der Waals surface area (Å²) in [5, 5.41) is 20.8. The van der Waals surface area contributed by atoms with Crippen LogP contribution in [0.2, 0.25) is 0 Å². The molecule has 0 saturated carbocycles. The lowest BCUT2D eigenvalue weighted by molar-refractivity contribution is -0.387. The number of aromatic amines is 1. The fourth-order valence-electron chi connectivity index (χ4n) is 1.88. The van der Waals surface area contributed by atoms with Gasteiger partial charge in [0.25, 0.3) is 5.69 Å². The fourth-order valence-corrected chi connectivity index (χ4v) is 1.88. The number of fused-ring (bicyclic) bond motifs is 1. The molecule has 0 saturated heterocycles. The minimum absolute atomic E-state index is 0.0834. The first kappa shape index (κ1) is 14.3. The molecule has 20 heavy (non-hydrogen) atoms. The van der Waals surface area contributed by atoms with Crippen molar-refractivity contribution in [3.8, 4) is 0 Å². The Bertz CT molecular complexity index is 684. The molecule has 8 heteroatoms. The summed E-state index contributed by atoms with van der Waals surface area (Å²) in [5.41, 5.74) is -3.25. The van der Waals surface area contributed by atoms with Gasteiger partial charge in [0, 0.05) is 22.7 Å². The van der Waals surface area contributed by atoms with Gasteiger partial charge in [-0.2, -0.15) is 13.2 Å². The van der Waals surface area contributed by atoms with Crippen LogP contribution in [0.25, 0.3) is 10.9 Å². The second-order valence-corrected chi connectivity index (χ2v) is 4.95. The summed E-state index contributed by atoms with van der Waals surface area (Å²) >= 11 is 0. The van der Waals surface area contributed by atoms with E-state index in [0.717, 1.165) is 6.07 Å². The van der Waals surface area contributed by atoms with Gasteiger partial charge in [0.1, 0.15) is 5.56 Å². The summed E-state index contributed by atoms with van der Waals surface area (Å²) in [6.45, 7) is 2.91. The summed E-state index contributed by atoms with van der Waals surface area (Å²) in [5.74, 6) is 0. The molecular formula is C12H11F3N2O3. The standard InChI is InChI=1S/C12H11F3N2O3/c1-11(2,18)10-4-6-3-9(17(19)20)7(12(13,14)15)5-8(6)16-10/h3-5,16,18H,1-2H3. The van der Waals surface area contributed by atoms with E-state index in [2.05, 4.69) is 4.98 Å². The number of aromatic nitrogens is 1. The largest absolute Gasteiger partial charge is 0.423 e. The van der Waals surface area contributed by atoms with Gasteiger partial charge in [-0.05, 0) is 26.0 Å². The molecule has 0 amide bonds. The van der Waals surface area contributed by atoms with Crippen molar-refractivity contribution in [2.24, 2.45) is 0 Å². The molecule has 0 aliphatic rings. The van der Waals surface area contributed by atoms with E-state index in [1.54, 1.807) is 0 Å². The van der Waals surface area contributed by atoms with E-state index < -0.39 is 28.0 Å². The first-order valence-electron chi connectivity index (χ1n) is 5.61. The molecule has 0 spiro atoms. The molecule has 0 atom stereocenters. The molecule has 2 N–H and O–H groups in total. The number of hydrogen-bond donors (Lipinski definition) is 2. The Balaban J connectivity index is 2.75. The Morgan fingerprint density at radius 2 is 1.85 bits per heavy atom. The molecule has 1 aromatic heterocycles. The minimum Gasteiger partial charge on any atom is -0.384 e. The Hall–Kier alpha value is -2.09. The lowest BCUT2D eigenvalue weighted by Gasteiger charge is -2.14. The highest BCUT2D eigenvalue weighted by Crippen LogP contribution is 2.39. The van der Waals surface area contributed by atoms with Crippen LogP contribution in [0.1, 0.15) is 25.1 Å². The van der Waals surface area contributed by atoms with Gasteiger partial charge in [0.05, 0.1) is 10.5 Å². The molecule has 0 unspecified atom stereocenters. The van der Waals surface area contributed by atoms with Gasteiger partial charge in [0.2, 0.25) is 0 Å². The Kier molecular flexibility index (Phi) is 3.01. The number of halogens is 3. The molecule has 1 aromatic carbocycles. The Labute approximate surface area is 111 Å². The molecule has 0 bridgehead atoms. The number of benzene rings is 1. The number of H-pyrrole nitrogens is 1. The third-order valence-electron chi connectivity index (χ3n) is 2.90. The van der Waals surface area contributed by atoms with E-state index in [1.807, 2.05) is 0 Å². The maximum absolute atomic E-state index is 12.8. The maximum atomic E-state index is 12.8. The van der Waals surface area contributed by atoms with Crippen LogP contribution in [0.5, 0.6) is 0 Å². The number of nitrogens with one attached hydrogen (secondary N) is 1. The van der Waals surface area contributed by atoms with Crippen LogP contribution in [0.15, 0.2) is 18.2 Å². The second-order valence-electron chi connectivity index (χ2n) is 4.95. The van der Waals surface area contributed by atoms with E-state index in [9.17, 15) is 28.4 Å². The van der Waals surface area contributed by atoms with Gasteiger partial charge in [-0.3, -0.25) is 10.1 Å². The number of nitrogens with zero attached hydrogens (tertiary/aromatic N) is 1. The smallest absolute Gasteiger partial charge is 0.384 e. The van der Waals surface area contributed by atoms with Crippen LogP contribution in [-0.4, -0.2) is 15.0 Å². The van der Waals surface area contributed by atoms with Crippen molar-refractivity contribution in [3.05, 3.63) is 39.6 Å². The predicted octanol–water partition coefficient (Wildman–Crippen LogP) is 3.32. The van der Waals surface area contributed by atoms with Gasteiger partial charge in [-0.1, -0.05) is 0 Å². The molecule has 0 fully saturated rings. The zero-order valence-electron chi connectivity index (χ0n) is 10.6. The van der Waals surface area contributed by atoms with Gasteiger partial charge in [-0.25, -0.2) is 0 Å². The van der Waals surface area contributed by atoms with Crippen molar-refractivity contribution >= 4 is 16.6 Å². The molecule has 5 nitrogen and oxygen atoms in total. The molecule has 2 rings (SSSR count). The Morgan fingerprint density at radius 1 is 1.25 bits per heavy atom. The average molecular weight is 288 g/mol. The second kappa shape index (κ2) is 4.20. The summed E-state index contributed by atoms with van der Waals surface area (Å²) in [4.78, 5) is 12.3. The van der Waals surface area contributed by atoms with Crippen molar-refractivity contribution < 1.29 is 23.2 Å². The highest BCUT2D eigenvalue weighted by Gasteiger charge is 2.39. The predicted molar refractivity (Wildman–Crippen MR) is 65.2 cm³/mol. The quantitative estimate of drug-likeness (QED) is 0.657. The third kappa shape index (κ3) is 2.46. The lowest BCUT2D eigenvalue weighted by atomic mass is 10.1. The summed E-state index contributed by atoms with van der Waals surface area (Å²) < 4.78 is 38.4. The molecule has 0 aliphatic carbocycles. The van der Waals surface area contributed by atoms with E-state index in [0.29, 0.717) is 6.07 Å². The van der Waals surface area contributed by atoms with Crippen LogP contribution in [0.3, 0.4) is 0 Å². The highest BCUT2D eigenvalue weighted by molar-refractivity contribution is 5.84. The number of rotatable bonds is 2. The van der Waals surface area contributed by atoms with Crippen LogP contribution in [0, 0.1) is 10.1 Å². The zero-order valence-corrected chi connectivity index (χ0v) is 10.6. The van der Waals surface area contributed by atoms with Crippen molar-refractivity contribution in [2.45, 2.75) is 25.6 Å². The minimum atomic E-state index is -4.82. The average Bonchev–Trinajstić information content (AvgIpc) is 2.68. The van der Waals surface area contributed by atoms with Crippen molar-refractivity contribution in [3.63, 3.8) is 0 Å². The first-order chi connectivity index (χ1) is 9.00. The number of alkyl halides is 3. The zero-order chi connectivity index (χ0) is 15.3. The van der Waals surface area contributed by atoms with Gasteiger partial charge in [-0.15, -0.1) is 0 Å². The number of nitro groups is 1. The van der Waals surface area contributed by atoms with Crippen LogP contribution in [0.4, 0.5) is 18.9 Å². The van der Waals surface area contributed by atoms with Crippen molar-refractivity contribution in [1.29, 1.82) is 0 Å². The first-order valence-corrected chi connectivity index (χ1v) is 5.61. The van der Waals surface area contributed by atoms with Crippen LogP contribution >= 0.6 is 0 Å². The van der Waals surface area contributed by atoms with Crippen LogP contribution < -0.4 is 0 Å². The third-order valence-corrected chi connectivity index (χ3v) is 2.90. The van der Waals surface area contributed by atoms with E-state index in [4.69, 9.17) is 0 Å². The van der Waals surface area contributed by atoms with E-state index in [1.165, 1.54) is 19.9 Å². The molecule has 0 aliphatic heterocycles. The highest BCUT2D eigenvalue weighted by atomic mass is 19.4. The number of aliphatic hydroxyl groups is 1. The molecule has 108 valence electrons. The monoisotopic (exact) mass is 288 g/mol. The Morgan fingerprint density at radius 3 is 2.30 bits per heavy atom. The van der Waals surface area contributed by atoms with E-state index in [-0.39, 0.29) is 16.6 Å². The molecule has 2 aromatic rings. The van der Waals surface area contributed by atoms with Crippen molar-refractivity contribution in [1.82, 2.24) is 4.98 Å². The molecular weight excluding hydrogens is 277 g/mol. The topological polar surface area (TPSA) is 79.2 Å². The number of nitro benzene ring substituents is 1. The molecule has 0 radical (unpaired) electrons. The van der Waals surface area contributed by atoms with Crippen molar-refractivity contribution in [2.75, 3.05) is 0 Å². The molecule has 1 heterocycles. The van der Waals surface area contributed by atoms with Crippen LogP contribution in [-0.2, 0) is 11.8 Å². The van der Waals surface area contributed by atoms with Gasteiger partial charge < -0.3 is 10.1 Å². The summed E-state index contributed by atoms with van der Waals surface area (Å²) in [6.07, 6.45) is -4.82. The lowest BCUT2D eigenvalue weighted by Crippen LogP contribution is -2.15. The number of hydrogen-bond acceptors (Lipinski definition) is 3. The van der Waals surface area contributed by atoms with Gasteiger partial charge in [0.15, 0.2) is 0 Å². The van der Waals surface area contributed by atoms with Gasteiger partial charge >= 0.3 is 6.18 Å². The normalized spacial score (nSPS) is 12.9. The SMILES string of the molecule is CC(C)(O)c1cc2cc([N+](=O)[O-])c(C(F)(F)F)cc2[nH]1. The maximum Gasteiger partial charge on any atom is 0.423 e. The summed E-state index contributed by atoms with van der Waals surface area (Å²) in [6, 6.07) is 2.93.